The lowest BCUT2D eigenvalue weighted by Gasteiger charge is -2.05. The molecule has 1 aromatic heterocycles. The van der Waals surface area contributed by atoms with Gasteiger partial charge in [0.05, 0.1) is 5.52 Å². The van der Waals surface area contributed by atoms with Crippen molar-refractivity contribution in [3.8, 4) is 0 Å². The van der Waals surface area contributed by atoms with Gasteiger partial charge in [0.1, 0.15) is 0 Å². The van der Waals surface area contributed by atoms with Gasteiger partial charge in [0, 0.05) is 11.6 Å². The van der Waals surface area contributed by atoms with Crippen molar-refractivity contribution in [2.75, 3.05) is 0 Å². The highest BCUT2D eigenvalue weighted by Gasteiger charge is 2.05. The Labute approximate surface area is 98.3 Å². The maximum atomic E-state index is 13.4. The summed E-state index contributed by atoms with van der Waals surface area (Å²) in [7, 11) is 0. The van der Waals surface area contributed by atoms with Gasteiger partial charge in [-0.05, 0) is 25.1 Å². The van der Waals surface area contributed by atoms with E-state index in [1.165, 1.54) is 16.8 Å². The molecule has 0 fully saturated rings. The van der Waals surface area contributed by atoms with Crippen molar-refractivity contribution in [2.45, 2.75) is 6.92 Å². The zero-order valence-electron chi connectivity index (χ0n) is 9.48. The normalized spacial score (nSPS) is 11.2. The first-order valence-electron chi connectivity index (χ1n) is 5.23. The van der Waals surface area contributed by atoms with E-state index < -0.39 is 11.4 Å². The summed E-state index contributed by atoms with van der Waals surface area (Å²) in [5.74, 6) is -0.755. The molecule has 0 aliphatic rings. The summed E-state index contributed by atoms with van der Waals surface area (Å²) in [6, 6.07) is 8.41. The van der Waals surface area contributed by atoms with Crippen LogP contribution in [-0.4, -0.2) is 4.57 Å². The number of benzene rings is 1. The molecule has 2 aromatic rings. The first-order valence-corrected chi connectivity index (χ1v) is 5.23. The third kappa shape index (κ3) is 2.18. The lowest BCUT2D eigenvalue weighted by molar-refractivity contribution is 0.606. The molecule has 17 heavy (non-hydrogen) atoms. The topological polar surface area (TPSA) is 22.0 Å². The molecule has 0 atom stereocenters. The van der Waals surface area contributed by atoms with E-state index in [4.69, 9.17) is 0 Å². The molecule has 0 aliphatic carbocycles. The average molecular weight is 229 g/mol. The Morgan fingerprint density at radius 3 is 2.82 bits per heavy atom. The molecule has 0 saturated heterocycles. The van der Waals surface area contributed by atoms with Gasteiger partial charge in [-0.2, -0.15) is 0 Å². The lowest BCUT2D eigenvalue weighted by Crippen LogP contribution is -2.19. The summed E-state index contributed by atoms with van der Waals surface area (Å²) in [5, 5.41) is 0.691. The maximum absolute atomic E-state index is 13.4. The lowest BCUT2D eigenvalue weighted by atomic mass is 10.2. The zero-order chi connectivity index (χ0) is 12.4. The molecule has 0 spiro atoms. The second kappa shape index (κ2) is 4.37. The van der Waals surface area contributed by atoms with Crippen molar-refractivity contribution in [1.82, 2.24) is 4.57 Å². The van der Waals surface area contributed by atoms with Gasteiger partial charge in [-0.15, -0.1) is 0 Å². The van der Waals surface area contributed by atoms with E-state index in [-0.39, 0.29) is 0 Å². The summed E-state index contributed by atoms with van der Waals surface area (Å²) in [6.45, 7) is 5.51. The Morgan fingerprint density at radius 2 is 2.12 bits per heavy atom. The van der Waals surface area contributed by atoms with Crippen LogP contribution in [0.1, 0.15) is 6.92 Å². The van der Waals surface area contributed by atoms with Crippen LogP contribution in [-0.2, 0) is 0 Å². The summed E-state index contributed by atoms with van der Waals surface area (Å²) >= 11 is 0. The van der Waals surface area contributed by atoms with Crippen molar-refractivity contribution >= 4 is 17.1 Å². The first kappa shape index (κ1) is 11.3. The summed E-state index contributed by atoms with van der Waals surface area (Å²) in [6.07, 6.45) is 3.21. The summed E-state index contributed by atoms with van der Waals surface area (Å²) < 4.78 is 14.7. The van der Waals surface area contributed by atoms with Gasteiger partial charge in [0.2, 0.25) is 0 Å². The van der Waals surface area contributed by atoms with E-state index in [1.54, 1.807) is 24.3 Å². The van der Waals surface area contributed by atoms with Crippen LogP contribution in [0, 0.1) is 5.82 Å². The van der Waals surface area contributed by atoms with Gasteiger partial charge in [0.25, 0.3) is 5.56 Å². The van der Waals surface area contributed by atoms with Crippen molar-refractivity contribution < 1.29 is 4.39 Å². The number of halogens is 1. The summed E-state index contributed by atoms with van der Waals surface area (Å²) in [5.41, 5.74) is 0.822. The van der Waals surface area contributed by atoms with Crippen molar-refractivity contribution in [3.05, 3.63) is 64.7 Å². The molecule has 0 radical (unpaired) electrons. The smallest absolute Gasteiger partial charge is 0.281 e. The Bertz CT molecular complexity index is 667. The number of hydrogen-bond donors (Lipinski definition) is 0. The fraction of sp³-hybridized carbons (Fsp3) is 0.0714. The van der Waals surface area contributed by atoms with Gasteiger partial charge in [-0.3, -0.25) is 9.36 Å². The molecule has 0 N–H and O–H groups in total. The minimum Gasteiger partial charge on any atom is -0.281 e. The van der Waals surface area contributed by atoms with E-state index in [9.17, 15) is 9.18 Å². The van der Waals surface area contributed by atoms with Crippen LogP contribution in [0.5, 0.6) is 0 Å². The van der Waals surface area contributed by atoms with Crippen LogP contribution in [0.25, 0.3) is 17.1 Å². The second-order valence-electron chi connectivity index (χ2n) is 3.89. The van der Waals surface area contributed by atoms with Crippen molar-refractivity contribution in [1.29, 1.82) is 0 Å². The van der Waals surface area contributed by atoms with Crippen molar-refractivity contribution in [2.24, 2.45) is 0 Å². The predicted molar refractivity (Wildman–Crippen MR) is 68.3 cm³/mol. The highest BCUT2D eigenvalue weighted by Crippen LogP contribution is 2.13. The van der Waals surface area contributed by atoms with Gasteiger partial charge < -0.3 is 0 Å². The minimum atomic E-state index is -0.755. The van der Waals surface area contributed by atoms with Crippen LogP contribution >= 0.6 is 0 Å². The number of hydrogen-bond acceptors (Lipinski definition) is 1. The number of allylic oxidation sites excluding steroid dienone is 2. The molecule has 0 bridgehead atoms. The second-order valence-corrected chi connectivity index (χ2v) is 3.89. The van der Waals surface area contributed by atoms with E-state index in [0.29, 0.717) is 10.9 Å². The minimum absolute atomic E-state index is 0.652. The van der Waals surface area contributed by atoms with E-state index in [0.717, 1.165) is 5.57 Å². The van der Waals surface area contributed by atoms with E-state index in [2.05, 4.69) is 6.58 Å². The Hall–Kier alpha value is -2.16. The van der Waals surface area contributed by atoms with E-state index >= 15 is 0 Å². The average Bonchev–Trinajstić information content (AvgIpc) is 2.29. The van der Waals surface area contributed by atoms with Crippen LogP contribution < -0.4 is 5.56 Å². The molecular formula is C14H12FNO. The molecule has 2 rings (SSSR count). The zero-order valence-corrected chi connectivity index (χ0v) is 9.48. The van der Waals surface area contributed by atoms with Gasteiger partial charge in [0.15, 0.2) is 5.82 Å². The molecule has 86 valence electrons. The number of aromatic nitrogens is 1. The fourth-order valence-electron chi connectivity index (χ4n) is 1.60. The van der Waals surface area contributed by atoms with Crippen molar-refractivity contribution in [3.63, 3.8) is 0 Å². The van der Waals surface area contributed by atoms with Gasteiger partial charge >= 0.3 is 0 Å². The van der Waals surface area contributed by atoms with Crippen LogP contribution in [0.15, 0.2) is 53.4 Å². The molecule has 0 aliphatic heterocycles. The number of pyridine rings is 1. The fourth-order valence-corrected chi connectivity index (χ4v) is 1.60. The molecule has 3 heteroatoms. The summed E-state index contributed by atoms with van der Waals surface area (Å²) in [4.78, 5) is 11.7. The molecule has 0 unspecified atom stereocenters. The van der Waals surface area contributed by atoms with Gasteiger partial charge in [-0.1, -0.05) is 30.4 Å². The van der Waals surface area contributed by atoms with E-state index in [1.807, 2.05) is 13.0 Å². The number of para-hydroxylation sites is 1. The van der Waals surface area contributed by atoms with Crippen LogP contribution in [0.4, 0.5) is 4.39 Å². The molecule has 0 saturated carbocycles. The molecule has 1 heterocycles. The largest absolute Gasteiger partial charge is 0.291 e. The first-order chi connectivity index (χ1) is 8.09. The standard InChI is InChI=1S/C14H12FNO/c1-10(2)7-8-16-13-6-4-3-5-11(13)9-12(15)14(16)17/h3-9H,1H2,2H3. The Kier molecular flexibility index (Phi) is 2.91. The van der Waals surface area contributed by atoms with Crippen LogP contribution in [0.2, 0.25) is 0 Å². The monoisotopic (exact) mass is 229 g/mol. The molecule has 0 amide bonds. The molecule has 1 aromatic carbocycles. The Balaban J connectivity index is 2.79. The molecular weight excluding hydrogens is 217 g/mol. The number of fused-ring (bicyclic) bond motifs is 1. The highest BCUT2D eigenvalue weighted by atomic mass is 19.1. The Morgan fingerprint density at radius 1 is 1.41 bits per heavy atom. The molecule has 2 nitrogen and oxygen atoms in total. The highest BCUT2D eigenvalue weighted by molar-refractivity contribution is 5.80. The SMILES string of the molecule is C=C(C)C=Cn1c(=O)c(F)cc2ccccc21. The number of nitrogens with zero attached hydrogens (tertiary/aromatic N) is 1. The van der Waals surface area contributed by atoms with Crippen LogP contribution in [0.3, 0.4) is 0 Å². The quantitative estimate of drug-likeness (QED) is 0.725. The predicted octanol–water partition coefficient (Wildman–Crippen LogP) is 3.19. The van der Waals surface area contributed by atoms with Gasteiger partial charge in [-0.25, -0.2) is 4.39 Å². The third-order valence-corrected chi connectivity index (χ3v) is 2.41. The maximum Gasteiger partial charge on any atom is 0.291 e. The number of rotatable bonds is 2. The third-order valence-electron chi connectivity index (χ3n) is 2.41.